The molecule has 0 bridgehead atoms. The molecule has 0 radical (unpaired) electrons. The van der Waals surface area contributed by atoms with Crippen LogP contribution in [-0.2, 0) is 6.42 Å². The Labute approximate surface area is 93.5 Å². The van der Waals surface area contributed by atoms with Crippen molar-refractivity contribution in [2.24, 2.45) is 0 Å². The quantitative estimate of drug-likeness (QED) is 0.787. The monoisotopic (exact) mass is 221 g/mol. The van der Waals surface area contributed by atoms with Gasteiger partial charge in [-0.2, -0.15) is 4.98 Å². The molecule has 0 unspecified atom stereocenters. The first-order valence-electron chi connectivity index (χ1n) is 5.31. The van der Waals surface area contributed by atoms with Crippen molar-refractivity contribution >= 4 is 0 Å². The summed E-state index contributed by atoms with van der Waals surface area (Å²) in [7, 11) is 0. The van der Waals surface area contributed by atoms with Gasteiger partial charge in [0, 0.05) is 31.4 Å². The summed E-state index contributed by atoms with van der Waals surface area (Å²) < 4.78 is 5.11. The molecular formula is C10H15N5O. The predicted molar refractivity (Wildman–Crippen MR) is 58.7 cm³/mol. The van der Waals surface area contributed by atoms with Crippen LogP contribution in [0.3, 0.4) is 0 Å². The van der Waals surface area contributed by atoms with Crippen molar-refractivity contribution in [2.45, 2.75) is 26.3 Å². The molecule has 2 aromatic rings. The van der Waals surface area contributed by atoms with E-state index in [-0.39, 0.29) is 0 Å². The highest BCUT2D eigenvalue weighted by molar-refractivity contribution is 5.40. The fourth-order valence-corrected chi connectivity index (χ4v) is 1.31. The predicted octanol–water partition coefficient (Wildman–Crippen LogP) is 1.00. The molecule has 16 heavy (non-hydrogen) atoms. The first-order valence-corrected chi connectivity index (χ1v) is 5.31. The Morgan fingerprint density at radius 1 is 1.50 bits per heavy atom. The molecule has 6 heteroatoms. The summed E-state index contributed by atoms with van der Waals surface area (Å²) in [5, 5.41) is 7.14. The summed E-state index contributed by atoms with van der Waals surface area (Å²) >= 11 is 0. The van der Waals surface area contributed by atoms with Gasteiger partial charge in [-0.3, -0.25) is 0 Å². The molecule has 2 N–H and O–H groups in total. The Hall–Kier alpha value is -1.69. The molecule has 86 valence electrons. The molecule has 0 saturated carbocycles. The molecule has 2 rings (SSSR count). The summed E-state index contributed by atoms with van der Waals surface area (Å²) in [5.41, 5.74) is 0. The highest BCUT2D eigenvalue weighted by Crippen LogP contribution is 2.09. The third kappa shape index (κ3) is 2.66. The second-order valence-electron chi connectivity index (χ2n) is 3.81. The minimum Gasteiger partial charge on any atom is -0.342 e. The zero-order chi connectivity index (χ0) is 11.4. The topological polar surface area (TPSA) is 79.6 Å². The number of aromatic nitrogens is 4. The number of imidazole rings is 1. The average molecular weight is 221 g/mol. The largest absolute Gasteiger partial charge is 0.342 e. The Bertz CT molecular complexity index is 420. The number of nitrogens with one attached hydrogen (secondary N) is 2. The van der Waals surface area contributed by atoms with Gasteiger partial charge in [0.1, 0.15) is 0 Å². The lowest BCUT2D eigenvalue weighted by molar-refractivity contribution is 0.374. The van der Waals surface area contributed by atoms with E-state index in [4.69, 9.17) is 4.52 Å². The summed E-state index contributed by atoms with van der Waals surface area (Å²) in [6.07, 6.45) is 4.11. The van der Waals surface area contributed by atoms with E-state index in [1.807, 2.05) is 0 Å². The molecule has 0 aliphatic carbocycles. The van der Waals surface area contributed by atoms with Crippen molar-refractivity contribution in [3.05, 3.63) is 18.3 Å². The lowest BCUT2D eigenvalue weighted by Crippen LogP contribution is -2.25. The van der Waals surface area contributed by atoms with Gasteiger partial charge in [-0.05, 0) is 0 Å². The van der Waals surface area contributed by atoms with Crippen molar-refractivity contribution in [3.63, 3.8) is 0 Å². The van der Waals surface area contributed by atoms with Gasteiger partial charge >= 0.3 is 0 Å². The maximum absolute atomic E-state index is 5.11. The number of hydrogen-bond donors (Lipinski definition) is 2. The third-order valence-electron chi connectivity index (χ3n) is 2.07. The van der Waals surface area contributed by atoms with Crippen molar-refractivity contribution in [1.29, 1.82) is 0 Å². The number of H-pyrrole nitrogens is 1. The van der Waals surface area contributed by atoms with E-state index in [1.54, 1.807) is 12.4 Å². The molecule has 0 saturated heterocycles. The van der Waals surface area contributed by atoms with Crippen molar-refractivity contribution in [3.8, 4) is 11.6 Å². The van der Waals surface area contributed by atoms with E-state index in [1.165, 1.54) is 0 Å². The molecule has 0 spiro atoms. The number of rotatable bonds is 5. The van der Waals surface area contributed by atoms with Gasteiger partial charge in [0.2, 0.25) is 11.7 Å². The van der Waals surface area contributed by atoms with Gasteiger partial charge in [-0.15, -0.1) is 0 Å². The summed E-state index contributed by atoms with van der Waals surface area (Å²) in [6, 6.07) is 0.465. The van der Waals surface area contributed by atoms with E-state index in [0.29, 0.717) is 23.6 Å². The molecule has 6 nitrogen and oxygen atoms in total. The maximum atomic E-state index is 5.11. The summed E-state index contributed by atoms with van der Waals surface area (Å²) in [5.74, 6) is 1.76. The maximum Gasteiger partial charge on any atom is 0.238 e. The van der Waals surface area contributed by atoms with Gasteiger partial charge in [0.25, 0.3) is 0 Å². The van der Waals surface area contributed by atoms with Crippen LogP contribution in [0.15, 0.2) is 16.9 Å². The van der Waals surface area contributed by atoms with Crippen LogP contribution >= 0.6 is 0 Å². The molecule has 2 aromatic heterocycles. The molecule has 2 heterocycles. The van der Waals surface area contributed by atoms with Gasteiger partial charge in [-0.25, -0.2) is 4.98 Å². The average Bonchev–Trinajstić information content (AvgIpc) is 2.85. The Kier molecular flexibility index (Phi) is 3.31. The van der Waals surface area contributed by atoms with Crippen molar-refractivity contribution in [2.75, 3.05) is 6.54 Å². The first kappa shape index (κ1) is 10.8. The lowest BCUT2D eigenvalue weighted by Gasteiger charge is -2.04. The zero-order valence-electron chi connectivity index (χ0n) is 9.40. The Morgan fingerprint density at radius 2 is 2.38 bits per heavy atom. The third-order valence-corrected chi connectivity index (χ3v) is 2.07. The van der Waals surface area contributed by atoms with E-state index in [2.05, 4.69) is 39.3 Å². The van der Waals surface area contributed by atoms with E-state index < -0.39 is 0 Å². The first-order chi connectivity index (χ1) is 7.75. The molecule has 0 aliphatic rings. The summed E-state index contributed by atoms with van der Waals surface area (Å²) in [6.45, 7) is 5.03. The smallest absolute Gasteiger partial charge is 0.238 e. The second-order valence-corrected chi connectivity index (χ2v) is 3.81. The molecule has 0 amide bonds. The van der Waals surface area contributed by atoms with E-state index in [0.717, 1.165) is 13.0 Å². The highest BCUT2D eigenvalue weighted by Gasteiger charge is 2.09. The van der Waals surface area contributed by atoms with Gasteiger partial charge < -0.3 is 14.8 Å². The fraction of sp³-hybridized carbons (Fsp3) is 0.500. The van der Waals surface area contributed by atoms with Crippen molar-refractivity contribution in [1.82, 2.24) is 25.4 Å². The van der Waals surface area contributed by atoms with Gasteiger partial charge in [0.15, 0.2) is 5.82 Å². The van der Waals surface area contributed by atoms with Crippen LogP contribution < -0.4 is 5.32 Å². The SMILES string of the molecule is CC(C)NCCc1nc(-c2ncc[nH]2)no1. The summed E-state index contributed by atoms with van der Waals surface area (Å²) in [4.78, 5) is 11.2. The standard InChI is InChI=1S/C10H15N5O/c1-7(2)11-4-3-8-14-10(15-16-8)9-12-5-6-13-9/h5-7,11H,3-4H2,1-2H3,(H,12,13). The molecular weight excluding hydrogens is 206 g/mol. The van der Waals surface area contributed by atoms with Crippen LogP contribution in [0.1, 0.15) is 19.7 Å². The van der Waals surface area contributed by atoms with E-state index in [9.17, 15) is 0 Å². The van der Waals surface area contributed by atoms with E-state index >= 15 is 0 Å². The fourth-order valence-electron chi connectivity index (χ4n) is 1.31. The lowest BCUT2D eigenvalue weighted by atomic mass is 10.3. The number of nitrogens with zero attached hydrogens (tertiary/aromatic N) is 3. The van der Waals surface area contributed by atoms with Crippen LogP contribution in [0.5, 0.6) is 0 Å². The Balaban J connectivity index is 1.93. The zero-order valence-corrected chi connectivity index (χ0v) is 9.40. The van der Waals surface area contributed by atoms with Crippen LogP contribution in [-0.4, -0.2) is 32.7 Å². The molecule has 0 atom stereocenters. The highest BCUT2D eigenvalue weighted by atomic mass is 16.5. The minimum absolute atomic E-state index is 0.465. The van der Waals surface area contributed by atoms with Crippen LogP contribution in [0.2, 0.25) is 0 Å². The molecule has 0 aromatic carbocycles. The van der Waals surface area contributed by atoms with Crippen LogP contribution in [0, 0.1) is 0 Å². The van der Waals surface area contributed by atoms with Gasteiger partial charge in [-0.1, -0.05) is 19.0 Å². The van der Waals surface area contributed by atoms with Crippen LogP contribution in [0.25, 0.3) is 11.6 Å². The second kappa shape index (κ2) is 4.89. The normalized spacial score (nSPS) is 11.2. The minimum atomic E-state index is 0.465. The van der Waals surface area contributed by atoms with Crippen molar-refractivity contribution < 1.29 is 4.52 Å². The number of aromatic amines is 1. The van der Waals surface area contributed by atoms with Gasteiger partial charge in [0.05, 0.1) is 0 Å². The Morgan fingerprint density at radius 3 is 3.06 bits per heavy atom. The molecule has 0 fully saturated rings. The number of hydrogen-bond acceptors (Lipinski definition) is 5. The molecule has 0 aliphatic heterocycles. The van der Waals surface area contributed by atoms with Crippen LogP contribution in [0.4, 0.5) is 0 Å².